The van der Waals surface area contributed by atoms with E-state index in [1.807, 2.05) is 0 Å². The minimum absolute atomic E-state index is 0.0256. The first-order valence-electron chi connectivity index (χ1n) is 9.56. The van der Waals surface area contributed by atoms with Gasteiger partial charge in [0.1, 0.15) is 12.4 Å². The van der Waals surface area contributed by atoms with Crippen LogP contribution < -0.4 is 10.1 Å². The summed E-state index contributed by atoms with van der Waals surface area (Å²) >= 11 is 0. The first kappa shape index (κ1) is 19.6. The second-order valence-electron chi connectivity index (χ2n) is 7.08. The maximum absolute atomic E-state index is 12.5. The maximum atomic E-state index is 12.5. The van der Waals surface area contributed by atoms with Crippen molar-refractivity contribution in [3.05, 3.63) is 29.8 Å². The third kappa shape index (κ3) is 5.68. The van der Waals surface area contributed by atoms with E-state index < -0.39 is 11.9 Å². The Labute approximate surface area is 159 Å². The fourth-order valence-corrected chi connectivity index (χ4v) is 3.57. The Bertz CT molecular complexity index is 637. The molecule has 2 N–H and O–H groups in total. The van der Waals surface area contributed by atoms with Gasteiger partial charge in [-0.25, -0.2) is 0 Å². The van der Waals surface area contributed by atoms with Gasteiger partial charge in [0.2, 0.25) is 0 Å². The standard InChI is InChI=1S/C20H27NO6/c22-19(21-12-18(20(23)24)14-6-9-25-10-7-14)15-3-1-4-16(11-15)27-13-17-5-2-8-26-17/h1,3-4,11,14,17-18H,2,5-10,12-13H2,(H,21,22)(H,23,24). The van der Waals surface area contributed by atoms with Gasteiger partial charge in [-0.3, -0.25) is 9.59 Å². The molecule has 0 spiro atoms. The second-order valence-corrected chi connectivity index (χ2v) is 7.08. The quantitative estimate of drug-likeness (QED) is 0.721. The van der Waals surface area contributed by atoms with Crippen molar-refractivity contribution >= 4 is 11.9 Å². The van der Waals surface area contributed by atoms with Crippen LogP contribution in [-0.4, -0.2) is 56.1 Å². The molecule has 1 aromatic carbocycles. The number of hydrogen-bond acceptors (Lipinski definition) is 5. The lowest BCUT2D eigenvalue weighted by Gasteiger charge is -2.27. The van der Waals surface area contributed by atoms with Crippen molar-refractivity contribution in [1.29, 1.82) is 0 Å². The molecule has 7 heteroatoms. The molecule has 148 valence electrons. The molecule has 0 bridgehead atoms. The molecular formula is C20H27NO6. The van der Waals surface area contributed by atoms with E-state index in [-0.39, 0.29) is 24.5 Å². The number of rotatable bonds is 8. The number of carboxylic acid groups (broad SMARTS) is 1. The number of amides is 1. The van der Waals surface area contributed by atoms with Crippen LogP contribution in [0.1, 0.15) is 36.0 Å². The Morgan fingerprint density at radius 3 is 2.74 bits per heavy atom. The molecule has 1 aromatic rings. The highest BCUT2D eigenvalue weighted by Gasteiger charge is 2.30. The monoisotopic (exact) mass is 377 g/mol. The molecule has 2 atom stereocenters. The summed E-state index contributed by atoms with van der Waals surface area (Å²) in [7, 11) is 0. The third-order valence-electron chi connectivity index (χ3n) is 5.19. The number of carboxylic acids is 1. The van der Waals surface area contributed by atoms with E-state index in [1.54, 1.807) is 24.3 Å². The fourth-order valence-electron chi connectivity index (χ4n) is 3.57. The van der Waals surface area contributed by atoms with Crippen LogP contribution >= 0.6 is 0 Å². The number of hydrogen-bond donors (Lipinski definition) is 2. The molecule has 0 aromatic heterocycles. The topological polar surface area (TPSA) is 94.1 Å². The van der Waals surface area contributed by atoms with Crippen molar-refractivity contribution in [2.75, 3.05) is 33.0 Å². The smallest absolute Gasteiger partial charge is 0.308 e. The molecule has 7 nitrogen and oxygen atoms in total. The fraction of sp³-hybridized carbons (Fsp3) is 0.600. The van der Waals surface area contributed by atoms with Crippen LogP contribution in [0.5, 0.6) is 5.75 Å². The van der Waals surface area contributed by atoms with Gasteiger partial charge < -0.3 is 24.6 Å². The molecule has 0 aliphatic carbocycles. The predicted octanol–water partition coefficient (Wildman–Crippen LogP) is 2.10. The van der Waals surface area contributed by atoms with Crippen molar-refractivity contribution < 1.29 is 28.9 Å². The van der Waals surface area contributed by atoms with Crippen LogP contribution in [0.3, 0.4) is 0 Å². The van der Waals surface area contributed by atoms with Crippen molar-refractivity contribution in [2.45, 2.75) is 31.8 Å². The van der Waals surface area contributed by atoms with Gasteiger partial charge in [-0.1, -0.05) is 6.07 Å². The highest BCUT2D eigenvalue weighted by Crippen LogP contribution is 2.24. The lowest BCUT2D eigenvalue weighted by molar-refractivity contribution is -0.144. The summed E-state index contributed by atoms with van der Waals surface area (Å²) in [4.78, 5) is 24.0. The van der Waals surface area contributed by atoms with Crippen molar-refractivity contribution in [3.63, 3.8) is 0 Å². The number of ether oxygens (including phenoxy) is 3. The first-order valence-corrected chi connectivity index (χ1v) is 9.56. The average Bonchev–Trinajstić information content (AvgIpc) is 3.21. The zero-order valence-corrected chi connectivity index (χ0v) is 15.4. The SMILES string of the molecule is O=C(NCC(C(=O)O)C1CCOCC1)c1cccc(OCC2CCCO2)c1. The van der Waals surface area contributed by atoms with Gasteiger partial charge >= 0.3 is 5.97 Å². The molecule has 27 heavy (non-hydrogen) atoms. The predicted molar refractivity (Wildman–Crippen MR) is 97.9 cm³/mol. The number of carbonyl (C=O) groups is 2. The van der Waals surface area contributed by atoms with Crippen LogP contribution in [0.2, 0.25) is 0 Å². The summed E-state index contributed by atoms with van der Waals surface area (Å²) in [5, 5.41) is 12.3. The Balaban J connectivity index is 1.53. The average molecular weight is 377 g/mol. The summed E-state index contributed by atoms with van der Waals surface area (Å²) < 4.78 is 16.5. The second kappa shape index (κ2) is 9.71. The highest BCUT2D eigenvalue weighted by molar-refractivity contribution is 5.94. The van der Waals surface area contributed by atoms with Gasteiger partial charge in [-0.15, -0.1) is 0 Å². The maximum Gasteiger partial charge on any atom is 0.308 e. The van der Waals surface area contributed by atoms with Gasteiger partial charge in [-0.05, 0) is 49.8 Å². The summed E-state index contributed by atoms with van der Waals surface area (Å²) in [5.74, 6) is -1.14. The van der Waals surface area contributed by atoms with E-state index in [9.17, 15) is 14.7 Å². The van der Waals surface area contributed by atoms with Gasteiger partial charge in [0.05, 0.1) is 12.0 Å². The van der Waals surface area contributed by atoms with Gasteiger partial charge in [0.15, 0.2) is 0 Å². The summed E-state index contributed by atoms with van der Waals surface area (Å²) in [6.07, 6.45) is 3.56. The Morgan fingerprint density at radius 2 is 2.04 bits per heavy atom. The van der Waals surface area contributed by atoms with E-state index in [0.29, 0.717) is 44.0 Å². The normalized spacial score (nSPS) is 21.6. The zero-order chi connectivity index (χ0) is 19.1. The Kier molecular flexibility index (Phi) is 7.06. The molecule has 2 unspecified atom stereocenters. The molecular weight excluding hydrogens is 350 g/mol. The van der Waals surface area contributed by atoms with Crippen LogP contribution in [0, 0.1) is 11.8 Å². The molecule has 2 heterocycles. The van der Waals surface area contributed by atoms with Gasteiger partial charge in [0, 0.05) is 31.9 Å². The van der Waals surface area contributed by atoms with E-state index in [1.165, 1.54) is 0 Å². The molecule has 0 saturated carbocycles. The molecule has 1 amide bonds. The third-order valence-corrected chi connectivity index (χ3v) is 5.19. The van der Waals surface area contributed by atoms with Crippen molar-refractivity contribution in [3.8, 4) is 5.75 Å². The van der Waals surface area contributed by atoms with Crippen LogP contribution in [0.15, 0.2) is 24.3 Å². The van der Waals surface area contributed by atoms with E-state index in [4.69, 9.17) is 14.2 Å². The number of aliphatic carboxylic acids is 1. The van der Waals surface area contributed by atoms with Gasteiger partial charge in [0.25, 0.3) is 5.91 Å². The Morgan fingerprint density at radius 1 is 1.22 bits per heavy atom. The molecule has 2 saturated heterocycles. The molecule has 2 fully saturated rings. The largest absolute Gasteiger partial charge is 0.491 e. The lowest BCUT2D eigenvalue weighted by Crippen LogP contribution is -2.39. The molecule has 3 rings (SSSR count). The van der Waals surface area contributed by atoms with Gasteiger partial charge in [-0.2, -0.15) is 0 Å². The van der Waals surface area contributed by atoms with Crippen LogP contribution in [-0.2, 0) is 14.3 Å². The summed E-state index contributed by atoms with van der Waals surface area (Å²) in [6.45, 7) is 2.50. The zero-order valence-electron chi connectivity index (χ0n) is 15.4. The minimum atomic E-state index is -0.879. The number of nitrogens with one attached hydrogen (secondary N) is 1. The molecule has 2 aliphatic rings. The molecule has 2 aliphatic heterocycles. The van der Waals surface area contributed by atoms with E-state index in [0.717, 1.165) is 19.4 Å². The Hall–Kier alpha value is -2.12. The van der Waals surface area contributed by atoms with Crippen molar-refractivity contribution in [1.82, 2.24) is 5.32 Å². The summed E-state index contributed by atoms with van der Waals surface area (Å²) in [6, 6.07) is 6.92. The number of benzene rings is 1. The molecule has 0 radical (unpaired) electrons. The van der Waals surface area contributed by atoms with Crippen LogP contribution in [0.4, 0.5) is 0 Å². The minimum Gasteiger partial charge on any atom is -0.491 e. The van der Waals surface area contributed by atoms with Crippen molar-refractivity contribution in [2.24, 2.45) is 11.8 Å². The van der Waals surface area contributed by atoms with Crippen LogP contribution in [0.25, 0.3) is 0 Å². The lowest BCUT2D eigenvalue weighted by atomic mass is 9.86. The van der Waals surface area contributed by atoms with E-state index >= 15 is 0 Å². The summed E-state index contributed by atoms with van der Waals surface area (Å²) in [5.41, 5.74) is 0.455. The number of carbonyl (C=O) groups excluding carboxylic acids is 1. The van der Waals surface area contributed by atoms with E-state index in [2.05, 4.69) is 5.32 Å². The highest BCUT2D eigenvalue weighted by atomic mass is 16.5. The first-order chi connectivity index (χ1) is 13.1.